The molecule has 1 atom stereocenters. The summed E-state index contributed by atoms with van der Waals surface area (Å²) >= 11 is 0. The van der Waals surface area contributed by atoms with Crippen molar-refractivity contribution in [1.29, 1.82) is 0 Å². The minimum Gasteiger partial charge on any atom is -0.362 e. The number of hydrogen-bond donors (Lipinski definition) is 1. The first-order chi connectivity index (χ1) is 7.68. The highest BCUT2D eigenvalue weighted by Crippen LogP contribution is 2.13. The summed E-state index contributed by atoms with van der Waals surface area (Å²) in [5.74, 6) is 0.488. The molecule has 0 radical (unpaired) electrons. The van der Waals surface area contributed by atoms with Crippen LogP contribution in [-0.4, -0.2) is 24.2 Å². The van der Waals surface area contributed by atoms with E-state index in [1.54, 1.807) is 36.5 Å². The Balaban J connectivity index is 1.97. The lowest BCUT2D eigenvalue weighted by molar-refractivity contribution is -0.119. The van der Waals surface area contributed by atoms with Crippen LogP contribution in [-0.2, 0) is 25.4 Å². The van der Waals surface area contributed by atoms with Crippen molar-refractivity contribution in [2.24, 2.45) is 14.1 Å². The zero-order chi connectivity index (χ0) is 11.5. The first kappa shape index (κ1) is 10.8. The second-order valence-corrected chi connectivity index (χ2v) is 3.56. The van der Waals surface area contributed by atoms with E-state index in [0.29, 0.717) is 12.4 Å². The molecule has 0 bridgehead atoms. The number of ether oxygens (including phenoxy) is 1. The van der Waals surface area contributed by atoms with Crippen LogP contribution in [0.15, 0.2) is 24.9 Å². The third kappa shape index (κ3) is 2.12. The summed E-state index contributed by atoms with van der Waals surface area (Å²) in [6.07, 6.45) is 5.74. The summed E-state index contributed by atoms with van der Waals surface area (Å²) in [6.45, 7) is 0.296. The van der Waals surface area contributed by atoms with Gasteiger partial charge in [0.2, 0.25) is 6.29 Å². The van der Waals surface area contributed by atoms with Gasteiger partial charge in [-0.15, -0.1) is 0 Å². The van der Waals surface area contributed by atoms with Gasteiger partial charge in [-0.2, -0.15) is 0 Å². The Morgan fingerprint density at radius 3 is 2.81 bits per heavy atom. The van der Waals surface area contributed by atoms with Crippen molar-refractivity contribution in [1.82, 2.24) is 19.1 Å². The number of hydrogen-bond acceptors (Lipinski definition) is 4. The van der Waals surface area contributed by atoms with E-state index in [1.165, 1.54) is 0 Å². The molecule has 1 unspecified atom stereocenters. The average molecular weight is 222 g/mol. The topological polar surface area (TPSA) is 65.1 Å². The van der Waals surface area contributed by atoms with Crippen LogP contribution in [0.1, 0.15) is 17.8 Å². The second-order valence-electron chi connectivity index (χ2n) is 3.56. The molecular weight excluding hydrogens is 208 g/mol. The van der Waals surface area contributed by atoms with Crippen LogP contribution in [0.3, 0.4) is 0 Å². The van der Waals surface area contributed by atoms with Crippen molar-refractivity contribution in [3.63, 3.8) is 0 Å². The largest absolute Gasteiger partial charge is 0.362 e. The Kier molecular flexibility index (Phi) is 3.02. The lowest BCUT2D eigenvalue weighted by Crippen LogP contribution is -2.10. The summed E-state index contributed by atoms with van der Waals surface area (Å²) < 4.78 is 8.86. The second kappa shape index (κ2) is 4.46. The summed E-state index contributed by atoms with van der Waals surface area (Å²) in [7, 11) is 3.68. The molecule has 0 aliphatic heterocycles. The Bertz CT molecular complexity index is 463. The van der Waals surface area contributed by atoms with Gasteiger partial charge in [0, 0.05) is 26.5 Å². The zero-order valence-corrected chi connectivity index (χ0v) is 9.24. The van der Waals surface area contributed by atoms with Crippen LogP contribution in [0, 0.1) is 0 Å². The van der Waals surface area contributed by atoms with Gasteiger partial charge in [0.1, 0.15) is 0 Å². The van der Waals surface area contributed by atoms with E-state index in [0.717, 1.165) is 5.69 Å². The van der Waals surface area contributed by atoms with E-state index in [4.69, 9.17) is 4.74 Å². The van der Waals surface area contributed by atoms with Crippen molar-refractivity contribution < 1.29 is 9.84 Å². The quantitative estimate of drug-likeness (QED) is 0.759. The van der Waals surface area contributed by atoms with Crippen LogP contribution in [0.2, 0.25) is 0 Å². The van der Waals surface area contributed by atoms with E-state index in [2.05, 4.69) is 9.97 Å². The fourth-order valence-corrected chi connectivity index (χ4v) is 1.38. The predicted octanol–water partition coefficient (Wildman–Crippen LogP) is 0.361. The highest BCUT2D eigenvalue weighted by atomic mass is 16.6. The van der Waals surface area contributed by atoms with Gasteiger partial charge in [0.05, 0.1) is 24.8 Å². The van der Waals surface area contributed by atoms with Crippen molar-refractivity contribution in [2.75, 3.05) is 0 Å². The Labute approximate surface area is 93.1 Å². The molecule has 0 spiro atoms. The molecule has 0 saturated carbocycles. The molecule has 6 heteroatoms. The maximum Gasteiger partial charge on any atom is 0.215 e. The molecule has 0 fully saturated rings. The highest BCUT2D eigenvalue weighted by Gasteiger charge is 2.13. The van der Waals surface area contributed by atoms with Gasteiger partial charge in [0.15, 0.2) is 5.82 Å². The number of nitrogens with zero attached hydrogens (tertiary/aromatic N) is 4. The van der Waals surface area contributed by atoms with Crippen LogP contribution in [0.5, 0.6) is 0 Å². The van der Waals surface area contributed by atoms with Crippen molar-refractivity contribution in [3.05, 3.63) is 36.4 Å². The third-order valence-electron chi connectivity index (χ3n) is 2.38. The molecule has 2 aromatic rings. The van der Waals surface area contributed by atoms with Crippen molar-refractivity contribution in [2.45, 2.75) is 12.9 Å². The third-order valence-corrected chi connectivity index (χ3v) is 2.38. The average Bonchev–Trinajstić information content (AvgIpc) is 2.84. The number of aromatic nitrogens is 4. The van der Waals surface area contributed by atoms with E-state index in [1.807, 2.05) is 11.6 Å². The number of aliphatic hydroxyl groups is 1. The minimum absolute atomic E-state index is 0.296. The molecule has 2 heterocycles. The van der Waals surface area contributed by atoms with Gasteiger partial charge in [-0.3, -0.25) is 0 Å². The van der Waals surface area contributed by atoms with Gasteiger partial charge >= 0.3 is 0 Å². The lowest BCUT2D eigenvalue weighted by atomic mass is 10.5. The Hall–Kier alpha value is -1.66. The Morgan fingerprint density at radius 1 is 1.44 bits per heavy atom. The predicted molar refractivity (Wildman–Crippen MR) is 56.2 cm³/mol. The van der Waals surface area contributed by atoms with E-state index in [9.17, 15) is 5.11 Å². The smallest absolute Gasteiger partial charge is 0.215 e. The number of aliphatic hydroxyl groups excluding tert-OH is 1. The van der Waals surface area contributed by atoms with Crippen molar-refractivity contribution >= 4 is 0 Å². The van der Waals surface area contributed by atoms with Gasteiger partial charge in [-0.1, -0.05) is 0 Å². The molecule has 86 valence electrons. The molecule has 0 aliphatic rings. The van der Waals surface area contributed by atoms with Crippen molar-refractivity contribution in [3.8, 4) is 0 Å². The molecule has 0 saturated heterocycles. The summed E-state index contributed by atoms with van der Waals surface area (Å²) in [6, 6.07) is 0. The summed E-state index contributed by atoms with van der Waals surface area (Å²) in [5.41, 5.74) is 0.897. The SMILES string of the molecule is Cn1cncc1COC(O)c1nccn1C. The van der Waals surface area contributed by atoms with E-state index >= 15 is 0 Å². The first-order valence-corrected chi connectivity index (χ1v) is 4.90. The van der Waals surface area contributed by atoms with E-state index in [-0.39, 0.29) is 0 Å². The maximum atomic E-state index is 9.74. The first-order valence-electron chi connectivity index (χ1n) is 4.90. The fraction of sp³-hybridized carbons (Fsp3) is 0.400. The standard InChI is InChI=1S/C10H14N4O2/c1-13-4-3-12-9(13)10(15)16-6-8-5-11-7-14(8)2/h3-5,7,10,15H,6H2,1-2H3. The lowest BCUT2D eigenvalue weighted by Gasteiger charge is -2.11. The van der Waals surface area contributed by atoms with Gasteiger partial charge < -0.3 is 19.0 Å². The number of imidazole rings is 2. The molecule has 6 nitrogen and oxygen atoms in total. The normalized spacial score (nSPS) is 12.9. The molecule has 0 amide bonds. The van der Waals surface area contributed by atoms with Crippen LogP contribution >= 0.6 is 0 Å². The fourth-order valence-electron chi connectivity index (χ4n) is 1.38. The molecular formula is C10H14N4O2. The van der Waals surface area contributed by atoms with E-state index < -0.39 is 6.29 Å². The highest BCUT2D eigenvalue weighted by molar-refractivity contribution is 4.96. The Morgan fingerprint density at radius 2 is 2.25 bits per heavy atom. The monoisotopic (exact) mass is 222 g/mol. The van der Waals surface area contributed by atoms with Gasteiger partial charge in [-0.25, -0.2) is 9.97 Å². The van der Waals surface area contributed by atoms with Crippen LogP contribution < -0.4 is 0 Å². The molecule has 1 N–H and O–H groups in total. The number of rotatable bonds is 4. The summed E-state index contributed by atoms with van der Waals surface area (Å²) in [4.78, 5) is 7.96. The molecule has 2 aromatic heterocycles. The van der Waals surface area contributed by atoms with Crippen LogP contribution in [0.4, 0.5) is 0 Å². The molecule has 16 heavy (non-hydrogen) atoms. The van der Waals surface area contributed by atoms with Gasteiger partial charge in [-0.05, 0) is 0 Å². The number of aryl methyl sites for hydroxylation is 2. The maximum absolute atomic E-state index is 9.74. The van der Waals surface area contributed by atoms with Crippen LogP contribution in [0.25, 0.3) is 0 Å². The molecule has 0 aliphatic carbocycles. The zero-order valence-electron chi connectivity index (χ0n) is 9.24. The minimum atomic E-state index is -1.02. The summed E-state index contributed by atoms with van der Waals surface area (Å²) in [5, 5.41) is 9.74. The van der Waals surface area contributed by atoms with Gasteiger partial charge in [0.25, 0.3) is 0 Å². The molecule has 2 rings (SSSR count). The molecule has 0 aromatic carbocycles.